The molecule has 0 aliphatic heterocycles. The predicted octanol–water partition coefficient (Wildman–Crippen LogP) is 4.47. The van der Waals surface area contributed by atoms with Crippen LogP contribution in [0.1, 0.15) is 11.1 Å². The summed E-state index contributed by atoms with van der Waals surface area (Å²) in [6.07, 6.45) is 1.40. The summed E-state index contributed by atoms with van der Waals surface area (Å²) in [4.78, 5) is 27.5. The van der Waals surface area contributed by atoms with Gasteiger partial charge in [-0.25, -0.2) is 4.79 Å². The molecule has 4 aromatic rings. The SMILES string of the molecule is COc1cc(C=Nn2c(=O)[nH]c3ccccc3c2=O)ccc1OCc1ccc(Cl)cc1Cl. The molecule has 1 aromatic heterocycles. The molecule has 32 heavy (non-hydrogen) atoms. The fourth-order valence-electron chi connectivity index (χ4n) is 3.06. The summed E-state index contributed by atoms with van der Waals surface area (Å²) in [5.41, 5.74) is 0.707. The van der Waals surface area contributed by atoms with Gasteiger partial charge < -0.3 is 14.5 Å². The van der Waals surface area contributed by atoms with E-state index in [1.807, 2.05) is 0 Å². The van der Waals surface area contributed by atoms with Crippen LogP contribution in [-0.2, 0) is 6.61 Å². The number of benzene rings is 3. The second-order valence-corrected chi connectivity index (χ2v) is 7.62. The molecule has 0 amide bonds. The summed E-state index contributed by atoms with van der Waals surface area (Å²) in [5.74, 6) is 0.954. The van der Waals surface area contributed by atoms with Gasteiger partial charge in [-0.1, -0.05) is 41.4 Å². The van der Waals surface area contributed by atoms with E-state index in [1.165, 1.54) is 13.3 Å². The summed E-state index contributed by atoms with van der Waals surface area (Å²) in [5, 5.41) is 5.47. The van der Waals surface area contributed by atoms with Gasteiger partial charge in [-0.3, -0.25) is 4.79 Å². The number of ether oxygens (including phenoxy) is 2. The van der Waals surface area contributed by atoms with Gasteiger partial charge in [-0.2, -0.15) is 5.10 Å². The Labute approximate surface area is 192 Å². The number of halogens is 2. The lowest BCUT2D eigenvalue weighted by atomic mass is 10.2. The Balaban J connectivity index is 1.58. The van der Waals surface area contributed by atoms with E-state index in [1.54, 1.807) is 60.7 Å². The molecule has 0 fully saturated rings. The van der Waals surface area contributed by atoms with Crippen LogP contribution < -0.4 is 20.7 Å². The first-order valence-electron chi connectivity index (χ1n) is 9.49. The Morgan fingerprint density at radius 3 is 2.62 bits per heavy atom. The van der Waals surface area contributed by atoms with Gasteiger partial charge in [-0.15, -0.1) is 4.68 Å². The van der Waals surface area contributed by atoms with Crippen molar-refractivity contribution in [2.75, 3.05) is 7.11 Å². The van der Waals surface area contributed by atoms with Crippen molar-refractivity contribution in [2.45, 2.75) is 6.61 Å². The van der Waals surface area contributed by atoms with Crippen LogP contribution in [0.3, 0.4) is 0 Å². The maximum absolute atomic E-state index is 12.6. The van der Waals surface area contributed by atoms with Crippen molar-refractivity contribution >= 4 is 40.3 Å². The number of methoxy groups -OCH3 is 1. The Hall–Kier alpha value is -3.55. The third kappa shape index (κ3) is 4.54. The number of aromatic nitrogens is 2. The lowest BCUT2D eigenvalue weighted by Gasteiger charge is -2.12. The number of hydrogen-bond acceptors (Lipinski definition) is 5. The number of fused-ring (bicyclic) bond motifs is 1. The number of hydrogen-bond donors (Lipinski definition) is 1. The lowest BCUT2D eigenvalue weighted by molar-refractivity contribution is 0.284. The van der Waals surface area contributed by atoms with Gasteiger partial charge in [0.1, 0.15) is 6.61 Å². The smallest absolute Gasteiger partial charge is 0.349 e. The van der Waals surface area contributed by atoms with Crippen LogP contribution in [0.4, 0.5) is 0 Å². The first-order chi connectivity index (χ1) is 15.5. The van der Waals surface area contributed by atoms with Crippen LogP contribution >= 0.6 is 23.2 Å². The van der Waals surface area contributed by atoms with E-state index in [4.69, 9.17) is 32.7 Å². The van der Waals surface area contributed by atoms with Gasteiger partial charge >= 0.3 is 5.69 Å². The highest BCUT2D eigenvalue weighted by Gasteiger charge is 2.09. The van der Waals surface area contributed by atoms with Gasteiger partial charge in [-0.05, 0) is 48.0 Å². The standard InChI is InChI=1S/C23H17Cl2N3O4/c1-31-21-10-14(6-9-20(21)32-13-15-7-8-16(24)11-18(15)25)12-26-28-22(29)17-4-2-3-5-19(17)27-23(28)30/h2-12H,13H2,1H3,(H,27,30). The van der Waals surface area contributed by atoms with Crippen molar-refractivity contribution in [3.05, 3.63) is 103 Å². The van der Waals surface area contributed by atoms with Gasteiger partial charge in [0.05, 0.1) is 24.2 Å². The topological polar surface area (TPSA) is 85.7 Å². The van der Waals surface area contributed by atoms with Crippen molar-refractivity contribution in [1.29, 1.82) is 0 Å². The fourth-order valence-corrected chi connectivity index (χ4v) is 3.52. The average Bonchev–Trinajstić information content (AvgIpc) is 2.78. The predicted molar refractivity (Wildman–Crippen MR) is 126 cm³/mol. The van der Waals surface area contributed by atoms with Crippen LogP contribution in [0, 0.1) is 0 Å². The Bertz CT molecular complexity index is 1440. The number of para-hydroxylation sites is 1. The summed E-state index contributed by atoms with van der Waals surface area (Å²) < 4.78 is 12.0. The van der Waals surface area contributed by atoms with Crippen molar-refractivity contribution < 1.29 is 9.47 Å². The van der Waals surface area contributed by atoms with Crippen molar-refractivity contribution in [2.24, 2.45) is 5.10 Å². The molecule has 0 saturated carbocycles. The Kier molecular flexibility index (Phi) is 6.30. The zero-order valence-corrected chi connectivity index (χ0v) is 18.4. The fraction of sp³-hybridized carbons (Fsp3) is 0.0870. The van der Waals surface area contributed by atoms with Crippen LogP contribution in [0.5, 0.6) is 11.5 Å². The molecule has 9 heteroatoms. The summed E-state index contributed by atoms with van der Waals surface area (Å²) in [6.45, 7) is 0.224. The second-order valence-electron chi connectivity index (χ2n) is 6.77. The first kappa shape index (κ1) is 21.7. The van der Waals surface area contributed by atoms with E-state index >= 15 is 0 Å². The first-order valence-corrected chi connectivity index (χ1v) is 10.2. The molecule has 1 heterocycles. The lowest BCUT2D eigenvalue weighted by Crippen LogP contribution is -2.32. The summed E-state index contributed by atoms with van der Waals surface area (Å²) in [7, 11) is 1.51. The maximum atomic E-state index is 12.6. The average molecular weight is 470 g/mol. The highest BCUT2D eigenvalue weighted by molar-refractivity contribution is 6.35. The summed E-state index contributed by atoms with van der Waals surface area (Å²) in [6, 6.07) is 17.0. The molecule has 1 N–H and O–H groups in total. The molecule has 7 nitrogen and oxygen atoms in total. The molecule has 162 valence electrons. The van der Waals surface area contributed by atoms with Crippen LogP contribution in [-0.4, -0.2) is 23.0 Å². The second kappa shape index (κ2) is 9.30. The number of rotatable bonds is 6. The molecular formula is C23H17Cl2N3O4. The van der Waals surface area contributed by atoms with Gasteiger partial charge in [0.2, 0.25) is 0 Å². The van der Waals surface area contributed by atoms with Crippen LogP contribution in [0.15, 0.2) is 75.4 Å². The maximum Gasteiger partial charge on any atom is 0.349 e. The third-order valence-electron chi connectivity index (χ3n) is 4.69. The highest BCUT2D eigenvalue weighted by Crippen LogP contribution is 2.29. The third-order valence-corrected chi connectivity index (χ3v) is 5.28. The minimum atomic E-state index is -0.628. The Morgan fingerprint density at radius 1 is 1.03 bits per heavy atom. The molecule has 0 radical (unpaired) electrons. The van der Waals surface area contributed by atoms with Crippen LogP contribution in [0.2, 0.25) is 10.0 Å². The molecule has 0 unspecified atom stereocenters. The molecule has 0 saturated heterocycles. The van der Waals surface area contributed by atoms with Gasteiger partial charge in [0, 0.05) is 15.6 Å². The number of nitrogens with one attached hydrogen (secondary N) is 1. The van der Waals surface area contributed by atoms with Crippen molar-refractivity contribution in [3.8, 4) is 11.5 Å². The number of nitrogens with zero attached hydrogens (tertiary/aromatic N) is 2. The van der Waals surface area contributed by atoms with Crippen molar-refractivity contribution in [3.63, 3.8) is 0 Å². The normalized spacial score (nSPS) is 11.2. The minimum absolute atomic E-state index is 0.224. The highest BCUT2D eigenvalue weighted by atomic mass is 35.5. The van der Waals surface area contributed by atoms with Crippen LogP contribution in [0.25, 0.3) is 10.9 Å². The molecule has 0 atom stereocenters. The van der Waals surface area contributed by atoms with Gasteiger partial charge in [0.25, 0.3) is 5.56 Å². The molecule has 0 bridgehead atoms. The van der Waals surface area contributed by atoms with Crippen molar-refractivity contribution in [1.82, 2.24) is 9.66 Å². The molecule has 0 aliphatic rings. The molecular weight excluding hydrogens is 453 g/mol. The summed E-state index contributed by atoms with van der Waals surface area (Å²) >= 11 is 12.1. The van der Waals surface area contributed by atoms with E-state index in [-0.39, 0.29) is 6.61 Å². The Morgan fingerprint density at radius 2 is 1.84 bits per heavy atom. The quantitative estimate of drug-likeness (QED) is 0.422. The van der Waals surface area contributed by atoms with E-state index in [0.29, 0.717) is 38.0 Å². The largest absolute Gasteiger partial charge is 0.493 e. The number of H-pyrrole nitrogens is 1. The zero-order valence-electron chi connectivity index (χ0n) is 16.8. The minimum Gasteiger partial charge on any atom is -0.493 e. The number of aromatic amines is 1. The monoisotopic (exact) mass is 469 g/mol. The van der Waals surface area contributed by atoms with Gasteiger partial charge in [0.15, 0.2) is 11.5 Å². The van der Waals surface area contributed by atoms with E-state index in [9.17, 15) is 9.59 Å². The van der Waals surface area contributed by atoms with E-state index in [2.05, 4.69) is 10.1 Å². The molecule has 4 rings (SSSR count). The molecule has 0 aliphatic carbocycles. The molecule has 0 spiro atoms. The van der Waals surface area contributed by atoms with E-state index in [0.717, 1.165) is 10.2 Å². The zero-order chi connectivity index (χ0) is 22.7. The molecule has 3 aromatic carbocycles. The van der Waals surface area contributed by atoms with E-state index < -0.39 is 11.2 Å².